The Balaban J connectivity index is 1.30. The van der Waals surface area contributed by atoms with E-state index in [1.54, 1.807) is 36.4 Å². The van der Waals surface area contributed by atoms with E-state index in [4.69, 9.17) is 0 Å². The van der Waals surface area contributed by atoms with Gasteiger partial charge in [0, 0.05) is 18.3 Å². The zero-order valence-corrected chi connectivity index (χ0v) is 19.9. The zero-order valence-electron chi connectivity index (χ0n) is 19.1. The Labute approximate surface area is 203 Å². The molecule has 3 atom stereocenters. The van der Waals surface area contributed by atoms with Crippen LogP contribution in [-0.4, -0.2) is 14.5 Å². The molecule has 2 aliphatic rings. The van der Waals surface area contributed by atoms with Crippen LogP contribution in [0.5, 0.6) is 0 Å². The lowest BCUT2D eigenvalue weighted by Crippen LogP contribution is -2.41. The highest BCUT2D eigenvalue weighted by molar-refractivity contribution is 7.89. The fraction of sp³-hybridized carbons (Fsp3) is 0.333. The van der Waals surface area contributed by atoms with E-state index in [-0.39, 0.29) is 29.3 Å². The molecule has 2 aliphatic carbocycles. The first-order valence-corrected chi connectivity index (χ1v) is 13.3. The molecule has 5 rings (SSSR count). The highest BCUT2D eigenvalue weighted by Gasteiger charge is 2.41. The second kappa shape index (κ2) is 9.32. The van der Waals surface area contributed by atoms with Crippen LogP contribution in [0.4, 0.5) is 18.9 Å². The summed E-state index contributed by atoms with van der Waals surface area (Å²) in [6, 6.07) is 19.8. The number of sulfonamides is 1. The summed E-state index contributed by atoms with van der Waals surface area (Å²) in [4.78, 5) is 0.280. The average molecular weight is 501 g/mol. The molecule has 184 valence electrons. The van der Waals surface area contributed by atoms with E-state index in [2.05, 4.69) is 22.2 Å². The van der Waals surface area contributed by atoms with Crippen LogP contribution in [0.25, 0.3) is 0 Å². The van der Waals surface area contributed by atoms with Crippen LogP contribution in [0, 0.1) is 11.8 Å². The maximum Gasteiger partial charge on any atom is 0.416 e. The van der Waals surface area contributed by atoms with Crippen LogP contribution in [0.3, 0.4) is 0 Å². The van der Waals surface area contributed by atoms with Crippen molar-refractivity contribution in [3.05, 3.63) is 95.1 Å². The van der Waals surface area contributed by atoms with E-state index < -0.39 is 21.8 Å². The molecular weight excluding hydrogens is 473 g/mol. The Hall–Kier alpha value is -2.84. The molecule has 3 aromatic rings. The van der Waals surface area contributed by atoms with Crippen LogP contribution in [-0.2, 0) is 35.6 Å². The molecule has 0 aliphatic heterocycles. The van der Waals surface area contributed by atoms with Crippen LogP contribution in [0.2, 0.25) is 0 Å². The van der Waals surface area contributed by atoms with E-state index in [9.17, 15) is 21.6 Å². The van der Waals surface area contributed by atoms with Crippen molar-refractivity contribution in [3.8, 4) is 0 Å². The molecule has 3 unspecified atom stereocenters. The molecule has 4 nitrogen and oxygen atoms in total. The molecule has 1 fully saturated rings. The third kappa shape index (κ3) is 5.23. The molecule has 8 heteroatoms. The average Bonchev–Trinajstić information content (AvgIpc) is 3.11. The maximum absolute atomic E-state index is 13.0. The number of rotatable bonds is 6. The summed E-state index contributed by atoms with van der Waals surface area (Å²) < 4.78 is 67.9. The monoisotopic (exact) mass is 500 g/mol. The van der Waals surface area contributed by atoms with Crippen molar-refractivity contribution in [3.63, 3.8) is 0 Å². The number of halogens is 3. The summed E-state index contributed by atoms with van der Waals surface area (Å²) in [6.45, 7) is 0.286. The van der Waals surface area contributed by atoms with Crippen molar-refractivity contribution in [2.24, 2.45) is 11.8 Å². The molecule has 0 heterocycles. The third-order valence-electron chi connectivity index (χ3n) is 7.19. The Morgan fingerprint density at radius 2 is 1.54 bits per heavy atom. The summed E-state index contributed by atoms with van der Waals surface area (Å²) in [5.41, 5.74) is 3.14. The number of alkyl halides is 3. The minimum atomic E-state index is -4.36. The first-order chi connectivity index (χ1) is 16.7. The van der Waals surface area contributed by atoms with Crippen molar-refractivity contribution in [2.45, 2.75) is 49.3 Å². The van der Waals surface area contributed by atoms with Gasteiger partial charge in [-0.2, -0.15) is 13.2 Å². The fourth-order valence-electron chi connectivity index (χ4n) is 5.42. The fourth-order valence-corrected chi connectivity index (χ4v) is 6.82. The van der Waals surface area contributed by atoms with Gasteiger partial charge in [-0.1, -0.05) is 36.4 Å². The Morgan fingerprint density at radius 3 is 2.26 bits per heavy atom. The predicted molar refractivity (Wildman–Crippen MR) is 129 cm³/mol. The number of benzene rings is 3. The summed E-state index contributed by atoms with van der Waals surface area (Å²) in [6.07, 6.45) is -0.831. The number of anilines is 1. The van der Waals surface area contributed by atoms with E-state index in [1.165, 1.54) is 23.3 Å². The minimum Gasteiger partial charge on any atom is -0.381 e. The van der Waals surface area contributed by atoms with Gasteiger partial charge < -0.3 is 5.32 Å². The van der Waals surface area contributed by atoms with E-state index in [1.807, 2.05) is 6.07 Å². The van der Waals surface area contributed by atoms with Gasteiger partial charge in [0.1, 0.15) is 0 Å². The second-order valence-corrected chi connectivity index (χ2v) is 11.2. The van der Waals surface area contributed by atoms with Gasteiger partial charge in [0.05, 0.1) is 10.5 Å². The largest absolute Gasteiger partial charge is 0.416 e. The smallest absolute Gasteiger partial charge is 0.381 e. The van der Waals surface area contributed by atoms with E-state index >= 15 is 0 Å². The minimum absolute atomic E-state index is 0.117. The maximum atomic E-state index is 13.0. The highest BCUT2D eigenvalue weighted by Crippen LogP contribution is 2.41. The number of hydrogen-bond donors (Lipinski definition) is 2. The summed E-state index contributed by atoms with van der Waals surface area (Å²) >= 11 is 0. The van der Waals surface area contributed by atoms with Crippen LogP contribution >= 0.6 is 0 Å². The molecule has 0 saturated heterocycles. The standard InChI is InChI=1S/C27H27F3N2O2S/c28-27(29,30)23-6-4-5-18(13-23)17-31-24-12-11-19-14-20-9-10-21(15-22(19)16-24)26(20)32-35(33,34)25-7-2-1-3-8-25/h1-8,11-13,16,20-21,26,31-32H,9-10,14-15,17H2. The van der Waals surface area contributed by atoms with Crippen molar-refractivity contribution in [1.82, 2.24) is 4.72 Å². The van der Waals surface area contributed by atoms with Gasteiger partial charge in [0.15, 0.2) is 0 Å². The molecular formula is C27H27F3N2O2S. The molecule has 3 aromatic carbocycles. The Kier molecular flexibility index (Phi) is 6.36. The van der Waals surface area contributed by atoms with Crippen LogP contribution in [0.1, 0.15) is 35.1 Å². The van der Waals surface area contributed by atoms with Crippen molar-refractivity contribution in [2.75, 3.05) is 5.32 Å². The lowest BCUT2D eigenvalue weighted by molar-refractivity contribution is -0.137. The Bertz CT molecular complexity index is 1310. The topological polar surface area (TPSA) is 58.2 Å². The van der Waals surface area contributed by atoms with Gasteiger partial charge in [-0.15, -0.1) is 0 Å². The van der Waals surface area contributed by atoms with Crippen LogP contribution in [0.15, 0.2) is 77.7 Å². The van der Waals surface area contributed by atoms with Gasteiger partial charge in [0.2, 0.25) is 10.0 Å². The van der Waals surface area contributed by atoms with Gasteiger partial charge in [-0.05, 0) is 90.6 Å². The summed E-state index contributed by atoms with van der Waals surface area (Å²) in [5.74, 6) is 0.446. The van der Waals surface area contributed by atoms with Crippen molar-refractivity contribution >= 4 is 15.7 Å². The number of nitrogens with one attached hydrogen (secondary N) is 2. The molecule has 0 aromatic heterocycles. The number of hydrogen-bond acceptors (Lipinski definition) is 3. The molecule has 0 spiro atoms. The number of fused-ring (bicyclic) bond motifs is 3. The molecule has 1 saturated carbocycles. The first-order valence-electron chi connectivity index (χ1n) is 11.8. The summed E-state index contributed by atoms with van der Waals surface area (Å²) in [7, 11) is -3.59. The molecule has 35 heavy (non-hydrogen) atoms. The SMILES string of the molecule is O=S(=O)(NC1C2CCC1Cc1cc(NCc3cccc(C(F)(F)F)c3)ccc1C2)c1ccccc1. The van der Waals surface area contributed by atoms with Gasteiger partial charge >= 0.3 is 6.18 Å². The third-order valence-corrected chi connectivity index (χ3v) is 8.67. The lowest BCUT2D eigenvalue weighted by Gasteiger charge is -2.23. The molecule has 2 N–H and O–H groups in total. The van der Waals surface area contributed by atoms with Crippen molar-refractivity contribution < 1.29 is 21.6 Å². The van der Waals surface area contributed by atoms with Crippen molar-refractivity contribution in [1.29, 1.82) is 0 Å². The van der Waals surface area contributed by atoms with Gasteiger partial charge in [-0.3, -0.25) is 0 Å². The normalized spacial score (nSPS) is 21.9. The van der Waals surface area contributed by atoms with Crippen LogP contribution < -0.4 is 10.0 Å². The summed E-state index contributed by atoms with van der Waals surface area (Å²) in [5, 5.41) is 3.25. The van der Waals surface area contributed by atoms with E-state index in [0.29, 0.717) is 5.56 Å². The van der Waals surface area contributed by atoms with Gasteiger partial charge in [0.25, 0.3) is 0 Å². The molecule has 0 radical (unpaired) electrons. The molecule has 2 bridgehead atoms. The first kappa shape index (κ1) is 23.9. The highest BCUT2D eigenvalue weighted by atomic mass is 32.2. The zero-order chi connectivity index (χ0) is 24.6. The van der Waals surface area contributed by atoms with E-state index in [0.717, 1.165) is 37.4 Å². The predicted octanol–water partition coefficient (Wildman–Crippen LogP) is 5.79. The second-order valence-electron chi connectivity index (χ2n) is 9.50. The Morgan fingerprint density at radius 1 is 0.829 bits per heavy atom. The quantitative estimate of drug-likeness (QED) is 0.451. The lowest BCUT2D eigenvalue weighted by atomic mass is 9.93. The molecule has 0 amide bonds. The van der Waals surface area contributed by atoms with Gasteiger partial charge in [-0.25, -0.2) is 13.1 Å².